The highest BCUT2D eigenvalue weighted by molar-refractivity contribution is 6.04. The zero-order valence-corrected chi connectivity index (χ0v) is 16.7. The number of benzene rings is 1. The van der Waals surface area contributed by atoms with Crippen LogP contribution in [0.5, 0.6) is 5.75 Å². The standard InChI is InChI=1S/C20H18N4O7/c1-10-18-13(8-15(11-3-4-11)22-19(18)31-23-10)20(26)30-9-17(25)21-14-6-5-12(24(27)28)7-16(14)29-2/h5-8,11H,3-4,9H2,1-2H3,(H,21,25). The lowest BCUT2D eigenvalue weighted by Gasteiger charge is -2.11. The predicted molar refractivity (Wildman–Crippen MR) is 107 cm³/mol. The average Bonchev–Trinajstić information content (AvgIpc) is 3.54. The molecular formula is C20H18N4O7. The maximum Gasteiger partial charge on any atom is 0.339 e. The molecule has 160 valence electrons. The number of methoxy groups -OCH3 is 1. The number of hydrogen-bond acceptors (Lipinski definition) is 9. The summed E-state index contributed by atoms with van der Waals surface area (Å²) in [6, 6.07) is 5.41. The third kappa shape index (κ3) is 4.15. The number of rotatable bonds is 7. The predicted octanol–water partition coefficient (Wildman–Crippen LogP) is 3.12. The Kier molecular flexibility index (Phi) is 5.24. The molecule has 0 bridgehead atoms. The first-order chi connectivity index (χ1) is 14.9. The lowest BCUT2D eigenvalue weighted by Crippen LogP contribution is -2.21. The number of anilines is 1. The highest BCUT2D eigenvalue weighted by atomic mass is 16.6. The lowest BCUT2D eigenvalue weighted by molar-refractivity contribution is -0.384. The van der Waals surface area contributed by atoms with Crippen LogP contribution in [0.4, 0.5) is 11.4 Å². The first kappa shape index (κ1) is 20.3. The van der Waals surface area contributed by atoms with Crippen molar-refractivity contribution in [3.8, 4) is 5.75 Å². The molecule has 11 nitrogen and oxygen atoms in total. The average molecular weight is 426 g/mol. The van der Waals surface area contributed by atoms with Crippen molar-refractivity contribution in [1.29, 1.82) is 0 Å². The number of nitro groups is 1. The van der Waals surface area contributed by atoms with Gasteiger partial charge in [0.05, 0.1) is 40.4 Å². The minimum atomic E-state index is -0.702. The molecule has 0 radical (unpaired) electrons. The van der Waals surface area contributed by atoms with Crippen LogP contribution < -0.4 is 10.1 Å². The summed E-state index contributed by atoms with van der Waals surface area (Å²) in [5, 5.41) is 17.7. The molecule has 0 saturated heterocycles. The van der Waals surface area contributed by atoms with Crippen LogP contribution >= 0.6 is 0 Å². The number of esters is 1. The molecule has 1 N–H and O–H groups in total. The van der Waals surface area contributed by atoms with Gasteiger partial charge in [-0.15, -0.1) is 0 Å². The van der Waals surface area contributed by atoms with Gasteiger partial charge in [-0.2, -0.15) is 0 Å². The molecule has 1 saturated carbocycles. The van der Waals surface area contributed by atoms with E-state index in [1.807, 2.05) is 0 Å². The lowest BCUT2D eigenvalue weighted by atomic mass is 10.1. The van der Waals surface area contributed by atoms with Gasteiger partial charge in [0, 0.05) is 17.7 Å². The van der Waals surface area contributed by atoms with E-state index in [4.69, 9.17) is 14.0 Å². The van der Waals surface area contributed by atoms with E-state index in [0.717, 1.165) is 18.5 Å². The maximum absolute atomic E-state index is 12.7. The molecule has 3 aromatic rings. The van der Waals surface area contributed by atoms with Gasteiger partial charge in [0.25, 0.3) is 17.3 Å². The van der Waals surface area contributed by atoms with Crippen LogP contribution in [0.1, 0.15) is 40.5 Å². The summed E-state index contributed by atoms with van der Waals surface area (Å²) in [4.78, 5) is 39.7. The molecule has 1 aromatic carbocycles. The van der Waals surface area contributed by atoms with Crippen LogP contribution in [-0.2, 0) is 9.53 Å². The Morgan fingerprint density at radius 2 is 2.10 bits per heavy atom. The fraction of sp³-hybridized carbons (Fsp3) is 0.300. The molecule has 2 heterocycles. The molecule has 0 aliphatic heterocycles. The summed E-state index contributed by atoms with van der Waals surface area (Å²) in [7, 11) is 1.32. The van der Waals surface area contributed by atoms with Gasteiger partial charge in [-0.25, -0.2) is 9.78 Å². The molecule has 1 amide bonds. The molecule has 1 fully saturated rings. The van der Waals surface area contributed by atoms with Crippen molar-refractivity contribution < 1.29 is 28.5 Å². The van der Waals surface area contributed by atoms with Crippen LogP contribution in [0.25, 0.3) is 11.1 Å². The number of ether oxygens (including phenoxy) is 2. The Labute approximate surface area is 175 Å². The first-order valence-corrected chi connectivity index (χ1v) is 9.43. The van der Waals surface area contributed by atoms with Crippen molar-refractivity contribution in [2.75, 3.05) is 19.0 Å². The second-order valence-corrected chi connectivity index (χ2v) is 7.08. The van der Waals surface area contributed by atoms with Crippen LogP contribution in [0.2, 0.25) is 0 Å². The third-order valence-electron chi connectivity index (χ3n) is 4.86. The van der Waals surface area contributed by atoms with Gasteiger partial charge < -0.3 is 19.3 Å². The van der Waals surface area contributed by atoms with Crippen molar-refractivity contribution in [3.05, 3.63) is 51.3 Å². The minimum Gasteiger partial charge on any atom is -0.494 e. The maximum atomic E-state index is 12.7. The number of aryl methyl sites for hydroxylation is 1. The van der Waals surface area contributed by atoms with E-state index in [1.54, 1.807) is 13.0 Å². The number of pyridine rings is 1. The monoisotopic (exact) mass is 426 g/mol. The largest absolute Gasteiger partial charge is 0.494 e. The van der Waals surface area contributed by atoms with E-state index in [-0.39, 0.29) is 34.3 Å². The number of aromatic nitrogens is 2. The Balaban J connectivity index is 1.47. The SMILES string of the molecule is COc1cc([N+](=O)[O-])ccc1NC(=O)COC(=O)c1cc(C2CC2)nc2onc(C)c12. The van der Waals surface area contributed by atoms with Gasteiger partial charge in [0.2, 0.25) is 0 Å². The van der Waals surface area contributed by atoms with Gasteiger partial charge in [-0.1, -0.05) is 5.16 Å². The number of nitrogens with zero attached hydrogens (tertiary/aromatic N) is 3. The van der Waals surface area contributed by atoms with Crippen LogP contribution in [0.15, 0.2) is 28.8 Å². The molecule has 0 unspecified atom stereocenters. The highest BCUT2D eigenvalue weighted by Crippen LogP contribution is 2.40. The van der Waals surface area contributed by atoms with Crippen molar-refractivity contribution in [2.45, 2.75) is 25.7 Å². The van der Waals surface area contributed by atoms with E-state index in [9.17, 15) is 19.7 Å². The molecular weight excluding hydrogens is 408 g/mol. The van der Waals surface area contributed by atoms with Crippen molar-refractivity contribution in [2.24, 2.45) is 0 Å². The normalized spacial score (nSPS) is 13.1. The number of carbonyl (C=O) groups is 2. The van der Waals surface area contributed by atoms with Crippen LogP contribution in [0.3, 0.4) is 0 Å². The summed E-state index contributed by atoms with van der Waals surface area (Å²) in [5.74, 6) is -0.945. The molecule has 1 aliphatic rings. The van der Waals surface area contributed by atoms with E-state index >= 15 is 0 Å². The van der Waals surface area contributed by atoms with Gasteiger partial charge in [0.15, 0.2) is 6.61 Å². The zero-order valence-electron chi connectivity index (χ0n) is 16.7. The number of carbonyl (C=O) groups excluding carboxylic acids is 2. The summed E-state index contributed by atoms with van der Waals surface area (Å²) in [5.41, 5.74) is 1.76. The summed E-state index contributed by atoms with van der Waals surface area (Å²) in [6.45, 7) is 1.13. The highest BCUT2D eigenvalue weighted by Gasteiger charge is 2.29. The Morgan fingerprint density at radius 1 is 1.32 bits per heavy atom. The molecule has 1 aliphatic carbocycles. The Bertz CT molecular complexity index is 1200. The van der Waals surface area contributed by atoms with E-state index in [1.165, 1.54) is 25.3 Å². The topological polar surface area (TPSA) is 147 Å². The molecule has 11 heteroatoms. The Hall–Kier alpha value is -4.02. The molecule has 0 spiro atoms. The summed E-state index contributed by atoms with van der Waals surface area (Å²) >= 11 is 0. The molecule has 0 atom stereocenters. The fourth-order valence-electron chi connectivity index (χ4n) is 3.15. The number of non-ortho nitro benzene ring substituents is 1. The third-order valence-corrected chi connectivity index (χ3v) is 4.86. The first-order valence-electron chi connectivity index (χ1n) is 9.43. The molecule has 2 aromatic heterocycles. The van der Waals surface area contributed by atoms with Gasteiger partial charge >= 0.3 is 5.97 Å². The minimum absolute atomic E-state index is 0.110. The number of nitrogens with one attached hydrogen (secondary N) is 1. The van der Waals surface area contributed by atoms with Crippen molar-refractivity contribution >= 4 is 34.4 Å². The van der Waals surface area contributed by atoms with E-state index < -0.39 is 23.4 Å². The van der Waals surface area contributed by atoms with Crippen LogP contribution in [-0.4, -0.2) is 40.7 Å². The quantitative estimate of drug-likeness (QED) is 0.342. The second kappa shape index (κ2) is 8.01. The number of hydrogen-bond donors (Lipinski definition) is 1. The molecule has 4 rings (SSSR count). The smallest absolute Gasteiger partial charge is 0.339 e. The summed E-state index contributed by atoms with van der Waals surface area (Å²) < 4.78 is 15.5. The summed E-state index contributed by atoms with van der Waals surface area (Å²) in [6.07, 6.45) is 1.97. The number of fused-ring (bicyclic) bond motifs is 1. The number of amides is 1. The zero-order chi connectivity index (χ0) is 22.1. The second-order valence-electron chi connectivity index (χ2n) is 7.08. The van der Waals surface area contributed by atoms with E-state index in [2.05, 4.69) is 15.5 Å². The van der Waals surface area contributed by atoms with Crippen molar-refractivity contribution in [3.63, 3.8) is 0 Å². The van der Waals surface area contributed by atoms with Gasteiger partial charge in [-0.05, 0) is 31.9 Å². The van der Waals surface area contributed by atoms with E-state index in [0.29, 0.717) is 11.1 Å². The Morgan fingerprint density at radius 3 is 2.77 bits per heavy atom. The fourth-order valence-corrected chi connectivity index (χ4v) is 3.15. The number of nitro benzene ring substituents is 1. The van der Waals surface area contributed by atoms with Gasteiger partial charge in [-0.3, -0.25) is 14.9 Å². The molecule has 31 heavy (non-hydrogen) atoms. The van der Waals surface area contributed by atoms with Crippen molar-refractivity contribution in [1.82, 2.24) is 10.1 Å². The van der Waals surface area contributed by atoms with Gasteiger partial charge in [0.1, 0.15) is 5.75 Å². The van der Waals surface area contributed by atoms with Crippen LogP contribution in [0, 0.1) is 17.0 Å².